The Labute approximate surface area is 165 Å². The summed E-state index contributed by atoms with van der Waals surface area (Å²) in [5.41, 5.74) is 7.29. The van der Waals surface area contributed by atoms with Crippen LogP contribution in [-0.2, 0) is 11.3 Å². The number of amides is 1. The van der Waals surface area contributed by atoms with E-state index in [0.29, 0.717) is 29.7 Å². The third kappa shape index (κ3) is 6.41. The standard InChI is InChI=1S/C19H23ClN2O3.ClH/c1-3-24-17-10-14(9-16(20)19(17)25-12-18(21)23)11-22-13(2)15-7-5-4-6-8-15;/h4-10,13,22H,3,11-12H2,1-2H3,(H2,21,23);1H. The van der Waals surface area contributed by atoms with Crippen LogP contribution >= 0.6 is 24.0 Å². The molecule has 3 N–H and O–H groups in total. The molecule has 2 aromatic carbocycles. The Morgan fingerprint density at radius 1 is 1.23 bits per heavy atom. The molecular weight excluding hydrogens is 375 g/mol. The van der Waals surface area contributed by atoms with Crippen LogP contribution in [0.15, 0.2) is 42.5 Å². The van der Waals surface area contributed by atoms with Crippen LogP contribution in [-0.4, -0.2) is 19.1 Å². The topological polar surface area (TPSA) is 73.6 Å². The van der Waals surface area contributed by atoms with Crippen LogP contribution in [0.5, 0.6) is 11.5 Å². The van der Waals surface area contributed by atoms with Gasteiger partial charge in [-0.2, -0.15) is 0 Å². The lowest BCUT2D eigenvalue weighted by molar-refractivity contribution is -0.119. The normalized spacial score (nSPS) is 11.3. The van der Waals surface area contributed by atoms with E-state index in [9.17, 15) is 4.79 Å². The summed E-state index contributed by atoms with van der Waals surface area (Å²) in [5, 5.41) is 3.84. The zero-order valence-corrected chi connectivity index (χ0v) is 16.4. The van der Waals surface area contributed by atoms with Crippen molar-refractivity contribution in [2.24, 2.45) is 5.73 Å². The van der Waals surface area contributed by atoms with Gasteiger partial charge in [0, 0.05) is 12.6 Å². The summed E-state index contributed by atoms with van der Waals surface area (Å²) in [6.45, 7) is 4.80. The van der Waals surface area contributed by atoms with Gasteiger partial charge in [0.1, 0.15) is 0 Å². The monoisotopic (exact) mass is 398 g/mol. The summed E-state index contributed by atoms with van der Waals surface area (Å²) in [7, 11) is 0. The summed E-state index contributed by atoms with van der Waals surface area (Å²) in [4.78, 5) is 10.9. The van der Waals surface area contributed by atoms with Crippen molar-refractivity contribution >= 4 is 29.9 Å². The molecule has 1 unspecified atom stereocenters. The van der Waals surface area contributed by atoms with Crippen molar-refractivity contribution in [3.63, 3.8) is 0 Å². The fourth-order valence-electron chi connectivity index (χ4n) is 2.40. The number of hydrogen-bond donors (Lipinski definition) is 2. The SMILES string of the molecule is CCOc1cc(CNC(C)c2ccccc2)cc(Cl)c1OCC(N)=O.Cl. The van der Waals surface area contributed by atoms with Gasteiger partial charge in [-0.1, -0.05) is 41.9 Å². The van der Waals surface area contributed by atoms with Gasteiger partial charge in [0.25, 0.3) is 5.91 Å². The van der Waals surface area contributed by atoms with Crippen molar-refractivity contribution in [1.29, 1.82) is 0 Å². The minimum atomic E-state index is -0.569. The highest BCUT2D eigenvalue weighted by Crippen LogP contribution is 2.36. The molecule has 0 bridgehead atoms. The maximum absolute atomic E-state index is 10.9. The molecule has 7 heteroatoms. The average molecular weight is 399 g/mol. The molecule has 0 aromatic heterocycles. The molecule has 0 saturated carbocycles. The van der Waals surface area contributed by atoms with Crippen molar-refractivity contribution < 1.29 is 14.3 Å². The van der Waals surface area contributed by atoms with Gasteiger partial charge in [0.2, 0.25) is 0 Å². The van der Waals surface area contributed by atoms with Gasteiger partial charge >= 0.3 is 0 Å². The third-order valence-electron chi connectivity index (χ3n) is 3.64. The van der Waals surface area contributed by atoms with E-state index in [4.69, 9.17) is 26.8 Å². The number of halogens is 2. The first-order valence-corrected chi connectivity index (χ1v) is 8.53. The van der Waals surface area contributed by atoms with E-state index in [0.717, 1.165) is 5.56 Å². The largest absolute Gasteiger partial charge is 0.490 e. The van der Waals surface area contributed by atoms with Crippen molar-refractivity contribution in [1.82, 2.24) is 5.32 Å². The smallest absolute Gasteiger partial charge is 0.255 e. The van der Waals surface area contributed by atoms with Crippen LogP contribution in [0.25, 0.3) is 0 Å². The Balaban J connectivity index is 0.00000338. The first-order valence-electron chi connectivity index (χ1n) is 8.16. The number of nitrogens with two attached hydrogens (primary N) is 1. The highest BCUT2D eigenvalue weighted by molar-refractivity contribution is 6.32. The van der Waals surface area contributed by atoms with Gasteiger partial charge < -0.3 is 20.5 Å². The summed E-state index contributed by atoms with van der Waals surface area (Å²) in [6.07, 6.45) is 0. The molecule has 0 aliphatic carbocycles. The molecule has 0 aliphatic rings. The predicted molar refractivity (Wildman–Crippen MR) is 106 cm³/mol. The number of rotatable bonds is 9. The summed E-state index contributed by atoms with van der Waals surface area (Å²) < 4.78 is 11.0. The second-order valence-electron chi connectivity index (χ2n) is 5.61. The van der Waals surface area contributed by atoms with Crippen LogP contribution in [0, 0.1) is 0 Å². The Morgan fingerprint density at radius 2 is 1.92 bits per heavy atom. The highest BCUT2D eigenvalue weighted by atomic mass is 35.5. The molecule has 0 saturated heterocycles. The number of hydrogen-bond acceptors (Lipinski definition) is 4. The van der Waals surface area contributed by atoms with Crippen molar-refractivity contribution in [3.8, 4) is 11.5 Å². The molecule has 142 valence electrons. The minimum absolute atomic E-state index is 0. The number of carbonyl (C=O) groups is 1. The maximum Gasteiger partial charge on any atom is 0.255 e. The average Bonchev–Trinajstić information content (AvgIpc) is 2.59. The summed E-state index contributed by atoms with van der Waals surface area (Å²) in [5.74, 6) is 0.267. The zero-order chi connectivity index (χ0) is 18.2. The molecule has 1 atom stereocenters. The molecule has 0 aliphatic heterocycles. The Bertz CT molecular complexity index is 711. The molecule has 1 amide bonds. The number of primary amides is 1. The number of carbonyl (C=O) groups excluding carboxylic acids is 1. The number of ether oxygens (including phenoxy) is 2. The van der Waals surface area contributed by atoms with E-state index in [-0.39, 0.29) is 25.1 Å². The van der Waals surface area contributed by atoms with Gasteiger partial charge in [0.15, 0.2) is 18.1 Å². The molecule has 2 rings (SSSR count). The van der Waals surface area contributed by atoms with Gasteiger partial charge in [-0.05, 0) is 37.1 Å². The van der Waals surface area contributed by atoms with E-state index in [1.165, 1.54) is 5.56 Å². The molecule has 2 aromatic rings. The van der Waals surface area contributed by atoms with Crippen LogP contribution in [0.4, 0.5) is 0 Å². The van der Waals surface area contributed by atoms with Gasteiger partial charge in [-0.15, -0.1) is 12.4 Å². The quantitative estimate of drug-likeness (QED) is 0.671. The summed E-state index contributed by atoms with van der Waals surface area (Å²) >= 11 is 6.30. The molecule has 0 fully saturated rings. The van der Waals surface area contributed by atoms with Gasteiger partial charge in [-0.3, -0.25) is 4.79 Å². The number of benzene rings is 2. The molecule has 5 nitrogen and oxygen atoms in total. The number of nitrogens with one attached hydrogen (secondary N) is 1. The maximum atomic E-state index is 10.9. The fourth-order valence-corrected chi connectivity index (χ4v) is 2.69. The zero-order valence-electron chi connectivity index (χ0n) is 14.8. The van der Waals surface area contributed by atoms with E-state index in [1.54, 1.807) is 6.07 Å². The van der Waals surface area contributed by atoms with Crippen molar-refractivity contribution in [2.75, 3.05) is 13.2 Å². The Morgan fingerprint density at radius 3 is 2.54 bits per heavy atom. The van der Waals surface area contributed by atoms with Crippen LogP contribution in [0.3, 0.4) is 0 Å². The lowest BCUT2D eigenvalue weighted by atomic mass is 10.1. The minimum Gasteiger partial charge on any atom is -0.490 e. The molecular formula is C19H24Cl2N2O3. The fraction of sp³-hybridized carbons (Fsp3) is 0.316. The van der Waals surface area contributed by atoms with E-state index in [1.807, 2.05) is 31.2 Å². The third-order valence-corrected chi connectivity index (χ3v) is 3.92. The first kappa shape index (κ1) is 22.1. The van der Waals surface area contributed by atoms with E-state index >= 15 is 0 Å². The van der Waals surface area contributed by atoms with Gasteiger partial charge in [0.05, 0.1) is 11.6 Å². The molecule has 0 heterocycles. The van der Waals surface area contributed by atoms with E-state index < -0.39 is 5.91 Å². The van der Waals surface area contributed by atoms with Gasteiger partial charge in [-0.25, -0.2) is 0 Å². The Kier molecular flexibility index (Phi) is 9.27. The van der Waals surface area contributed by atoms with Crippen molar-refractivity contribution in [2.45, 2.75) is 26.4 Å². The van der Waals surface area contributed by atoms with Crippen LogP contribution < -0.4 is 20.5 Å². The second kappa shape index (κ2) is 10.9. The van der Waals surface area contributed by atoms with E-state index in [2.05, 4.69) is 24.4 Å². The highest BCUT2D eigenvalue weighted by Gasteiger charge is 2.14. The predicted octanol–water partition coefficient (Wildman–Crippen LogP) is 3.88. The second-order valence-corrected chi connectivity index (χ2v) is 6.01. The van der Waals surface area contributed by atoms with Crippen molar-refractivity contribution in [3.05, 3.63) is 58.6 Å². The molecule has 0 spiro atoms. The van der Waals surface area contributed by atoms with Crippen LogP contribution in [0.2, 0.25) is 5.02 Å². The summed E-state index contributed by atoms with van der Waals surface area (Å²) in [6, 6.07) is 14.0. The Hall–Kier alpha value is -1.95. The molecule has 26 heavy (non-hydrogen) atoms. The van der Waals surface area contributed by atoms with Crippen LogP contribution in [0.1, 0.15) is 31.0 Å². The lowest BCUT2D eigenvalue weighted by Gasteiger charge is -2.17. The first-order chi connectivity index (χ1) is 12.0. The lowest BCUT2D eigenvalue weighted by Crippen LogP contribution is -2.21. The molecule has 0 radical (unpaired) electrons.